The van der Waals surface area contributed by atoms with Gasteiger partial charge in [-0.15, -0.1) is 10.2 Å². The number of aryl methyl sites for hydroxylation is 2. The fourth-order valence-corrected chi connectivity index (χ4v) is 1.66. The number of nitrogens with one attached hydrogen (secondary N) is 1. The molecule has 0 saturated heterocycles. The van der Waals surface area contributed by atoms with E-state index in [-0.39, 0.29) is 5.54 Å². The van der Waals surface area contributed by atoms with Crippen LogP contribution in [0.3, 0.4) is 0 Å². The summed E-state index contributed by atoms with van der Waals surface area (Å²) in [7, 11) is 0. The van der Waals surface area contributed by atoms with E-state index in [1.807, 2.05) is 6.92 Å². The predicted octanol–water partition coefficient (Wildman–Crippen LogP) is 2.36. The average molecular weight is 269 g/mol. The largest absolute Gasteiger partial charge is 0.425 e. The molecule has 0 aromatic carbocycles. The maximum atomic E-state index is 5.59. The number of hydrogen-bond acceptors (Lipinski definition) is 5. The molecule has 1 aromatic heterocycles. The van der Waals surface area contributed by atoms with E-state index in [0.29, 0.717) is 0 Å². The van der Waals surface area contributed by atoms with E-state index < -0.39 is 0 Å². The minimum absolute atomic E-state index is 0.166. The Morgan fingerprint density at radius 1 is 1.11 bits per heavy atom. The van der Waals surface area contributed by atoms with Crippen molar-refractivity contribution in [3.05, 3.63) is 11.8 Å². The normalized spacial score (nSPS) is 12.0. The molecule has 0 radical (unpaired) electrons. The second kappa shape index (κ2) is 8.27. The summed E-state index contributed by atoms with van der Waals surface area (Å²) in [4.78, 5) is 0. The lowest BCUT2D eigenvalue weighted by Gasteiger charge is -2.19. The molecule has 0 atom stereocenters. The molecular weight excluding hydrogens is 242 g/mol. The molecule has 0 saturated carbocycles. The zero-order valence-corrected chi connectivity index (χ0v) is 12.7. The van der Waals surface area contributed by atoms with Gasteiger partial charge in [-0.2, -0.15) is 0 Å². The quantitative estimate of drug-likeness (QED) is 0.697. The second-order valence-corrected chi connectivity index (χ2v) is 5.67. The first-order chi connectivity index (χ1) is 9.01. The molecule has 0 fully saturated rings. The third-order valence-corrected chi connectivity index (χ3v) is 2.61. The Labute approximate surface area is 116 Å². The molecule has 0 unspecified atom stereocenters. The molecule has 1 aromatic rings. The van der Waals surface area contributed by atoms with Crippen LogP contribution in [0.15, 0.2) is 4.42 Å². The molecule has 5 nitrogen and oxygen atoms in total. The Kier molecular flexibility index (Phi) is 7.02. The first-order valence-corrected chi connectivity index (χ1v) is 7.15. The molecule has 1 N–H and O–H groups in total. The van der Waals surface area contributed by atoms with E-state index in [0.717, 1.165) is 57.2 Å². The van der Waals surface area contributed by atoms with Gasteiger partial charge in [0.2, 0.25) is 11.8 Å². The van der Waals surface area contributed by atoms with Crippen LogP contribution in [0.25, 0.3) is 0 Å². The lowest BCUT2D eigenvalue weighted by Crippen LogP contribution is -2.36. The molecule has 0 amide bonds. The zero-order valence-electron chi connectivity index (χ0n) is 12.7. The van der Waals surface area contributed by atoms with Gasteiger partial charge in [0.25, 0.3) is 0 Å². The van der Waals surface area contributed by atoms with Gasteiger partial charge < -0.3 is 14.5 Å². The van der Waals surface area contributed by atoms with Crippen LogP contribution in [0.5, 0.6) is 0 Å². The number of hydrogen-bond donors (Lipinski definition) is 1. The summed E-state index contributed by atoms with van der Waals surface area (Å²) in [5.74, 6) is 1.46. The van der Waals surface area contributed by atoms with Crippen LogP contribution in [-0.4, -0.2) is 35.5 Å². The zero-order chi connectivity index (χ0) is 14.1. The maximum absolute atomic E-state index is 5.59. The Morgan fingerprint density at radius 2 is 1.74 bits per heavy atom. The van der Waals surface area contributed by atoms with E-state index in [9.17, 15) is 0 Å². The van der Waals surface area contributed by atoms with Crippen LogP contribution < -0.4 is 5.32 Å². The van der Waals surface area contributed by atoms with E-state index in [4.69, 9.17) is 9.15 Å². The molecular formula is C14H27N3O2. The minimum Gasteiger partial charge on any atom is -0.425 e. The van der Waals surface area contributed by atoms with E-state index in [1.165, 1.54) is 0 Å². The Balaban J connectivity index is 2.16. The van der Waals surface area contributed by atoms with Crippen molar-refractivity contribution >= 4 is 0 Å². The van der Waals surface area contributed by atoms with Gasteiger partial charge in [-0.05, 0) is 47.1 Å². The molecule has 0 bridgehead atoms. The van der Waals surface area contributed by atoms with Crippen molar-refractivity contribution in [3.8, 4) is 0 Å². The lowest BCUT2D eigenvalue weighted by molar-refractivity contribution is 0.143. The summed E-state index contributed by atoms with van der Waals surface area (Å²) >= 11 is 0. The van der Waals surface area contributed by atoms with Gasteiger partial charge in [0.05, 0.1) is 0 Å². The first-order valence-electron chi connectivity index (χ1n) is 7.15. The van der Waals surface area contributed by atoms with Crippen LogP contribution in [-0.2, 0) is 17.6 Å². The highest BCUT2D eigenvalue weighted by Crippen LogP contribution is 2.06. The monoisotopic (exact) mass is 269 g/mol. The molecule has 1 heterocycles. The van der Waals surface area contributed by atoms with Crippen molar-refractivity contribution in [1.82, 2.24) is 15.5 Å². The van der Waals surface area contributed by atoms with Crippen molar-refractivity contribution in [1.29, 1.82) is 0 Å². The first kappa shape index (κ1) is 16.1. The van der Waals surface area contributed by atoms with Crippen molar-refractivity contribution in [3.63, 3.8) is 0 Å². The van der Waals surface area contributed by atoms with Gasteiger partial charge in [0, 0.05) is 31.6 Å². The number of nitrogens with zero attached hydrogens (tertiary/aromatic N) is 2. The summed E-state index contributed by atoms with van der Waals surface area (Å²) in [6.45, 7) is 11.0. The lowest BCUT2D eigenvalue weighted by atomic mass is 10.1. The van der Waals surface area contributed by atoms with Crippen LogP contribution >= 0.6 is 0 Å². The summed E-state index contributed by atoms with van der Waals surface area (Å²) in [5.41, 5.74) is 0.166. The third-order valence-electron chi connectivity index (χ3n) is 2.61. The highest BCUT2D eigenvalue weighted by Gasteiger charge is 2.09. The average Bonchev–Trinajstić information content (AvgIpc) is 2.77. The molecule has 0 aliphatic rings. The standard InChI is InChI=1S/C14H27N3O2/c1-5-18-11-7-9-13-17-16-12(19-13)8-6-10-15-14(2,3)4/h15H,5-11H2,1-4H3. The number of aromatic nitrogens is 2. The van der Waals surface area contributed by atoms with Gasteiger partial charge in [-0.3, -0.25) is 0 Å². The molecule has 1 rings (SSSR count). The number of ether oxygens (including phenoxy) is 1. The van der Waals surface area contributed by atoms with Crippen molar-refractivity contribution in [2.45, 2.75) is 58.9 Å². The molecule has 19 heavy (non-hydrogen) atoms. The van der Waals surface area contributed by atoms with Crippen molar-refractivity contribution < 1.29 is 9.15 Å². The van der Waals surface area contributed by atoms with Gasteiger partial charge in [-0.1, -0.05) is 0 Å². The predicted molar refractivity (Wildman–Crippen MR) is 75.2 cm³/mol. The molecule has 5 heteroatoms. The van der Waals surface area contributed by atoms with Gasteiger partial charge >= 0.3 is 0 Å². The third kappa shape index (κ3) is 7.95. The SMILES string of the molecule is CCOCCCc1nnc(CCCNC(C)(C)C)o1. The summed E-state index contributed by atoms with van der Waals surface area (Å²) in [5, 5.41) is 11.6. The molecule has 0 spiro atoms. The van der Waals surface area contributed by atoms with Crippen molar-refractivity contribution in [2.24, 2.45) is 0 Å². The maximum Gasteiger partial charge on any atom is 0.216 e. The summed E-state index contributed by atoms with van der Waals surface area (Å²) in [6.07, 6.45) is 3.58. The van der Waals surface area contributed by atoms with Crippen LogP contribution in [0.1, 0.15) is 52.3 Å². The fraction of sp³-hybridized carbons (Fsp3) is 0.857. The second-order valence-electron chi connectivity index (χ2n) is 5.67. The van der Waals surface area contributed by atoms with Crippen LogP contribution in [0, 0.1) is 0 Å². The Bertz CT molecular complexity index is 345. The fourth-order valence-electron chi connectivity index (χ4n) is 1.66. The van der Waals surface area contributed by atoms with Gasteiger partial charge in [-0.25, -0.2) is 0 Å². The van der Waals surface area contributed by atoms with Gasteiger partial charge in [0.15, 0.2) is 0 Å². The molecule has 0 aliphatic carbocycles. The Morgan fingerprint density at radius 3 is 2.32 bits per heavy atom. The highest BCUT2D eigenvalue weighted by atomic mass is 16.5. The van der Waals surface area contributed by atoms with E-state index >= 15 is 0 Å². The topological polar surface area (TPSA) is 60.2 Å². The van der Waals surface area contributed by atoms with Gasteiger partial charge in [0.1, 0.15) is 0 Å². The smallest absolute Gasteiger partial charge is 0.216 e. The van der Waals surface area contributed by atoms with Crippen LogP contribution in [0.2, 0.25) is 0 Å². The van der Waals surface area contributed by atoms with Crippen LogP contribution in [0.4, 0.5) is 0 Å². The summed E-state index contributed by atoms with van der Waals surface area (Å²) < 4.78 is 10.9. The number of rotatable bonds is 9. The highest BCUT2D eigenvalue weighted by molar-refractivity contribution is 4.83. The molecule has 0 aliphatic heterocycles. The minimum atomic E-state index is 0.166. The van der Waals surface area contributed by atoms with Crippen molar-refractivity contribution in [2.75, 3.05) is 19.8 Å². The Hall–Kier alpha value is -0.940. The van der Waals surface area contributed by atoms with E-state index in [1.54, 1.807) is 0 Å². The summed E-state index contributed by atoms with van der Waals surface area (Å²) in [6, 6.07) is 0. The molecule has 110 valence electrons. The van der Waals surface area contributed by atoms with E-state index in [2.05, 4.69) is 36.3 Å².